The summed E-state index contributed by atoms with van der Waals surface area (Å²) in [6.07, 6.45) is 6.28. The third-order valence-electron chi connectivity index (χ3n) is 4.02. The SMILES string of the molecule is COc1ccc(N(C2=CC=C(Br)CC2)c2ccc(OC)cc2)cc1. The fraction of sp³-hybridized carbons (Fsp3) is 0.200. The van der Waals surface area contributed by atoms with E-state index in [1.54, 1.807) is 14.2 Å². The minimum Gasteiger partial charge on any atom is -0.497 e. The van der Waals surface area contributed by atoms with E-state index in [1.807, 2.05) is 24.3 Å². The molecule has 3 nitrogen and oxygen atoms in total. The van der Waals surface area contributed by atoms with Crippen molar-refractivity contribution in [3.8, 4) is 11.5 Å². The highest BCUT2D eigenvalue weighted by atomic mass is 79.9. The second-order valence-corrected chi connectivity index (χ2v) is 6.52. The van der Waals surface area contributed by atoms with Crippen molar-refractivity contribution >= 4 is 27.3 Å². The smallest absolute Gasteiger partial charge is 0.119 e. The fourth-order valence-electron chi connectivity index (χ4n) is 2.73. The Morgan fingerprint density at radius 1 is 0.750 bits per heavy atom. The number of hydrogen-bond donors (Lipinski definition) is 0. The number of rotatable bonds is 5. The highest BCUT2D eigenvalue weighted by molar-refractivity contribution is 9.11. The normalized spacial score (nSPS) is 13.8. The van der Waals surface area contributed by atoms with E-state index < -0.39 is 0 Å². The molecule has 0 radical (unpaired) electrons. The predicted octanol–water partition coefficient (Wildman–Crippen LogP) is 5.80. The van der Waals surface area contributed by atoms with Gasteiger partial charge in [0.2, 0.25) is 0 Å². The number of hydrogen-bond acceptors (Lipinski definition) is 3. The van der Waals surface area contributed by atoms with Gasteiger partial charge in [-0.1, -0.05) is 22.0 Å². The van der Waals surface area contributed by atoms with Gasteiger partial charge in [-0.15, -0.1) is 0 Å². The van der Waals surface area contributed by atoms with Crippen LogP contribution in [0.3, 0.4) is 0 Å². The van der Waals surface area contributed by atoms with Crippen molar-refractivity contribution in [1.29, 1.82) is 0 Å². The summed E-state index contributed by atoms with van der Waals surface area (Å²) in [5.41, 5.74) is 3.48. The van der Waals surface area contributed by atoms with E-state index in [1.165, 1.54) is 10.2 Å². The van der Waals surface area contributed by atoms with E-state index in [0.717, 1.165) is 35.7 Å². The Hall–Kier alpha value is -2.20. The molecule has 0 atom stereocenters. The lowest BCUT2D eigenvalue weighted by Gasteiger charge is -2.29. The molecule has 0 fully saturated rings. The molecule has 2 aromatic carbocycles. The molecule has 0 N–H and O–H groups in total. The van der Waals surface area contributed by atoms with Crippen molar-refractivity contribution in [1.82, 2.24) is 0 Å². The van der Waals surface area contributed by atoms with Gasteiger partial charge in [0.25, 0.3) is 0 Å². The van der Waals surface area contributed by atoms with Gasteiger partial charge in [-0.2, -0.15) is 0 Å². The van der Waals surface area contributed by atoms with Gasteiger partial charge in [0.05, 0.1) is 14.2 Å². The molecule has 0 saturated carbocycles. The van der Waals surface area contributed by atoms with Gasteiger partial charge >= 0.3 is 0 Å². The van der Waals surface area contributed by atoms with E-state index in [0.29, 0.717) is 0 Å². The molecule has 4 heteroatoms. The van der Waals surface area contributed by atoms with Crippen molar-refractivity contribution in [3.05, 3.63) is 70.9 Å². The summed E-state index contributed by atoms with van der Waals surface area (Å²) < 4.78 is 11.8. The van der Waals surface area contributed by atoms with E-state index in [9.17, 15) is 0 Å². The monoisotopic (exact) mass is 385 g/mol. The summed E-state index contributed by atoms with van der Waals surface area (Å²) >= 11 is 3.58. The summed E-state index contributed by atoms with van der Waals surface area (Å²) in [6, 6.07) is 16.3. The lowest BCUT2D eigenvalue weighted by molar-refractivity contribution is 0.415. The molecule has 1 aliphatic rings. The van der Waals surface area contributed by atoms with Gasteiger partial charge in [-0.25, -0.2) is 0 Å². The molecule has 2 aromatic rings. The van der Waals surface area contributed by atoms with Crippen LogP contribution in [0.15, 0.2) is 70.9 Å². The first-order valence-corrected chi connectivity index (χ1v) is 8.64. The number of nitrogens with zero attached hydrogens (tertiary/aromatic N) is 1. The maximum atomic E-state index is 5.28. The third-order valence-corrected chi connectivity index (χ3v) is 4.69. The van der Waals surface area contributed by atoms with Gasteiger partial charge in [0, 0.05) is 17.1 Å². The van der Waals surface area contributed by atoms with Crippen LogP contribution < -0.4 is 14.4 Å². The molecular weight excluding hydrogens is 366 g/mol. The van der Waals surface area contributed by atoms with Crippen LogP contribution in [-0.4, -0.2) is 14.2 Å². The molecule has 1 aliphatic carbocycles. The van der Waals surface area contributed by atoms with Crippen LogP contribution in [0.25, 0.3) is 0 Å². The average molecular weight is 386 g/mol. The zero-order chi connectivity index (χ0) is 16.9. The molecule has 0 aromatic heterocycles. The largest absolute Gasteiger partial charge is 0.497 e. The van der Waals surface area contributed by atoms with E-state index in [-0.39, 0.29) is 0 Å². The summed E-state index contributed by atoms with van der Waals surface area (Å²) in [5.74, 6) is 1.71. The summed E-state index contributed by atoms with van der Waals surface area (Å²) in [6.45, 7) is 0. The summed E-state index contributed by atoms with van der Waals surface area (Å²) in [4.78, 5) is 2.27. The highest BCUT2D eigenvalue weighted by Crippen LogP contribution is 2.36. The van der Waals surface area contributed by atoms with E-state index in [4.69, 9.17) is 9.47 Å². The molecule has 24 heavy (non-hydrogen) atoms. The summed E-state index contributed by atoms with van der Waals surface area (Å²) in [7, 11) is 3.37. The number of methoxy groups -OCH3 is 2. The predicted molar refractivity (Wildman–Crippen MR) is 102 cm³/mol. The molecule has 0 bridgehead atoms. The van der Waals surface area contributed by atoms with E-state index >= 15 is 0 Å². The maximum Gasteiger partial charge on any atom is 0.119 e. The Balaban J connectivity index is 2.02. The standard InChI is InChI=1S/C20H20BrNO2/c1-23-19-11-7-17(8-12-19)22(16-5-3-15(21)4-6-16)18-9-13-20(24-2)14-10-18/h3,5,7-14H,4,6H2,1-2H3. The van der Waals surface area contributed by atoms with Crippen LogP contribution in [0.1, 0.15) is 12.8 Å². The second-order valence-electron chi connectivity index (χ2n) is 5.50. The molecular formula is C20H20BrNO2. The molecule has 0 aliphatic heterocycles. The van der Waals surface area contributed by atoms with Crippen molar-refractivity contribution < 1.29 is 9.47 Å². The number of allylic oxidation sites excluding steroid dienone is 4. The highest BCUT2D eigenvalue weighted by Gasteiger charge is 2.17. The topological polar surface area (TPSA) is 21.7 Å². The van der Waals surface area contributed by atoms with Crippen LogP contribution >= 0.6 is 15.9 Å². The lowest BCUT2D eigenvalue weighted by Crippen LogP contribution is -2.17. The minimum atomic E-state index is 0.855. The minimum absolute atomic E-state index is 0.855. The molecule has 0 saturated heterocycles. The third kappa shape index (κ3) is 3.65. The average Bonchev–Trinajstić information content (AvgIpc) is 2.64. The van der Waals surface area contributed by atoms with Gasteiger partial charge in [-0.3, -0.25) is 0 Å². The van der Waals surface area contributed by atoms with Crippen molar-refractivity contribution in [3.63, 3.8) is 0 Å². The van der Waals surface area contributed by atoms with Gasteiger partial charge in [0.1, 0.15) is 11.5 Å². The van der Waals surface area contributed by atoms with Gasteiger partial charge in [-0.05, 0) is 71.9 Å². The Kier molecular flexibility index (Phi) is 5.26. The van der Waals surface area contributed by atoms with Crippen LogP contribution in [0.4, 0.5) is 11.4 Å². The van der Waals surface area contributed by atoms with Crippen molar-refractivity contribution in [2.24, 2.45) is 0 Å². The fourth-order valence-corrected chi connectivity index (χ4v) is 3.06. The van der Waals surface area contributed by atoms with Crippen LogP contribution in [-0.2, 0) is 0 Å². The Bertz CT molecular complexity index is 701. The number of anilines is 2. The first-order valence-electron chi connectivity index (χ1n) is 7.85. The maximum absolute atomic E-state index is 5.28. The summed E-state index contributed by atoms with van der Waals surface area (Å²) in [5, 5.41) is 0. The molecule has 0 spiro atoms. The Labute approximate surface area is 151 Å². The number of ether oxygens (including phenoxy) is 2. The molecule has 0 unspecified atom stereocenters. The van der Waals surface area contributed by atoms with Gasteiger partial charge in [0.15, 0.2) is 0 Å². The zero-order valence-corrected chi connectivity index (χ0v) is 15.4. The zero-order valence-electron chi connectivity index (χ0n) is 13.8. The molecule has 124 valence electrons. The van der Waals surface area contributed by atoms with Crippen molar-refractivity contribution in [2.45, 2.75) is 12.8 Å². The first kappa shape index (κ1) is 16.7. The quantitative estimate of drug-likeness (QED) is 0.649. The first-order chi connectivity index (χ1) is 11.7. The number of halogens is 1. The van der Waals surface area contributed by atoms with Gasteiger partial charge < -0.3 is 14.4 Å². The van der Waals surface area contributed by atoms with Crippen LogP contribution in [0.2, 0.25) is 0 Å². The van der Waals surface area contributed by atoms with Crippen LogP contribution in [0.5, 0.6) is 11.5 Å². The molecule has 0 amide bonds. The van der Waals surface area contributed by atoms with E-state index in [2.05, 4.69) is 57.2 Å². The second kappa shape index (κ2) is 7.58. The molecule has 3 rings (SSSR count). The van der Waals surface area contributed by atoms with Crippen molar-refractivity contribution in [2.75, 3.05) is 19.1 Å². The lowest BCUT2D eigenvalue weighted by atomic mass is 10.1. The Morgan fingerprint density at radius 3 is 1.62 bits per heavy atom. The Morgan fingerprint density at radius 2 is 1.25 bits per heavy atom. The molecule has 0 heterocycles. The number of benzene rings is 2. The van der Waals surface area contributed by atoms with Crippen LogP contribution in [0, 0.1) is 0 Å².